The van der Waals surface area contributed by atoms with E-state index < -0.39 is 0 Å². The fraction of sp³-hybridized carbons (Fsp3) is 0.500. The molecule has 0 aliphatic carbocycles. The van der Waals surface area contributed by atoms with Crippen molar-refractivity contribution < 1.29 is 13.9 Å². The molecule has 1 fully saturated rings. The molecule has 1 unspecified atom stereocenters. The minimum Gasteiger partial charge on any atom is -0.464 e. The van der Waals surface area contributed by atoms with E-state index in [4.69, 9.17) is 13.9 Å². The number of benzene rings is 1. The number of nitrogens with zero attached hydrogens (tertiary/aromatic N) is 4. The summed E-state index contributed by atoms with van der Waals surface area (Å²) < 4.78 is 16.5. The Balaban J connectivity index is 1.66. The third-order valence-electron chi connectivity index (χ3n) is 6.38. The molecule has 0 bridgehead atoms. The lowest BCUT2D eigenvalue weighted by atomic mass is 9.91. The summed E-state index contributed by atoms with van der Waals surface area (Å²) in [4.78, 5) is 15.2. The normalized spacial score (nSPS) is 15.1. The smallest absolute Gasteiger partial charge is 0.316 e. The topological polar surface area (TPSA) is 85.5 Å². The molecule has 1 N–H and O–H groups in total. The first-order valence-electron chi connectivity index (χ1n) is 12.3. The van der Waals surface area contributed by atoms with E-state index in [2.05, 4.69) is 57.2 Å². The van der Waals surface area contributed by atoms with Crippen LogP contribution in [0.1, 0.15) is 57.3 Å². The van der Waals surface area contributed by atoms with Crippen LogP contribution in [-0.4, -0.2) is 47.4 Å². The van der Waals surface area contributed by atoms with E-state index in [0.717, 1.165) is 62.6 Å². The highest BCUT2D eigenvalue weighted by atomic mass is 16.5. The minimum absolute atomic E-state index is 0.331. The van der Waals surface area contributed by atoms with Gasteiger partial charge < -0.3 is 24.1 Å². The van der Waals surface area contributed by atoms with Crippen molar-refractivity contribution in [2.45, 2.75) is 58.4 Å². The van der Waals surface area contributed by atoms with Gasteiger partial charge in [0, 0.05) is 32.2 Å². The Morgan fingerprint density at radius 3 is 2.56 bits per heavy atom. The Morgan fingerprint density at radius 2 is 1.91 bits per heavy atom. The van der Waals surface area contributed by atoms with Crippen molar-refractivity contribution in [3.05, 3.63) is 54.5 Å². The van der Waals surface area contributed by atoms with Gasteiger partial charge in [-0.2, -0.15) is 0 Å². The zero-order valence-corrected chi connectivity index (χ0v) is 20.4. The zero-order valence-electron chi connectivity index (χ0n) is 20.4. The van der Waals surface area contributed by atoms with Gasteiger partial charge in [0.05, 0.1) is 42.3 Å². The van der Waals surface area contributed by atoms with Gasteiger partial charge in [0.1, 0.15) is 5.76 Å². The van der Waals surface area contributed by atoms with Crippen molar-refractivity contribution in [2.75, 3.05) is 36.6 Å². The maximum Gasteiger partial charge on any atom is 0.316 e. The molecule has 4 rings (SSSR count). The van der Waals surface area contributed by atoms with Crippen LogP contribution in [0.3, 0.4) is 0 Å². The van der Waals surface area contributed by atoms with Crippen LogP contribution in [0.5, 0.6) is 6.01 Å². The zero-order chi connectivity index (χ0) is 23.8. The van der Waals surface area contributed by atoms with Crippen molar-refractivity contribution in [2.24, 2.45) is 0 Å². The number of aromatic nitrogens is 3. The summed E-state index contributed by atoms with van der Waals surface area (Å²) in [7, 11) is 0. The predicted octanol–water partition coefficient (Wildman–Crippen LogP) is 5.35. The number of oxazole rings is 1. The molecular weight excluding hydrogens is 430 g/mol. The van der Waals surface area contributed by atoms with E-state index >= 15 is 0 Å². The Kier molecular flexibility index (Phi) is 8.36. The van der Waals surface area contributed by atoms with Gasteiger partial charge in [-0.25, -0.2) is 15.0 Å². The highest BCUT2D eigenvalue weighted by Crippen LogP contribution is 2.36. The molecule has 1 aliphatic rings. The second kappa shape index (κ2) is 11.8. The summed E-state index contributed by atoms with van der Waals surface area (Å²) in [5.74, 6) is 1.24. The average molecular weight is 466 g/mol. The predicted molar refractivity (Wildman–Crippen MR) is 133 cm³/mol. The van der Waals surface area contributed by atoms with Crippen molar-refractivity contribution in [3.63, 3.8) is 0 Å². The third kappa shape index (κ3) is 5.86. The lowest BCUT2D eigenvalue weighted by Crippen LogP contribution is -2.39. The second-order valence-corrected chi connectivity index (χ2v) is 8.50. The highest BCUT2D eigenvalue weighted by molar-refractivity contribution is 5.76. The van der Waals surface area contributed by atoms with Crippen molar-refractivity contribution >= 4 is 17.1 Å². The fourth-order valence-electron chi connectivity index (χ4n) is 4.60. The molecule has 3 heterocycles. The first-order valence-corrected chi connectivity index (χ1v) is 12.3. The van der Waals surface area contributed by atoms with Crippen LogP contribution in [0.2, 0.25) is 0 Å². The average Bonchev–Trinajstić information content (AvgIpc) is 3.39. The van der Waals surface area contributed by atoms with Gasteiger partial charge in [-0.15, -0.1) is 0 Å². The van der Waals surface area contributed by atoms with Gasteiger partial charge >= 0.3 is 6.01 Å². The molecule has 1 aromatic carbocycles. The van der Waals surface area contributed by atoms with E-state index in [1.54, 1.807) is 18.6 Å². The van der Waals surface area contributed by atoms with Crippen molar-refractivity contribution in [3.8, 4) is 6.01 Å². The number of hydrogen-bond donors (Lipinski definition) is 1. The Hall–Kier alpha value is -3.13. The third-order valence-corrected chi connectivity index (χ3v) is 6.38. The molecule has 1 atom stereocenters. The van der Waals surface area contributed by atoms with E-state index in [9.17, 15) is 0 Å². The van der Waals surface area contributed by atoms with Gasteiger partial charge in [-0.05, 0) is 56.7 Å². The molecule has 1 aliphatic heterocycles. The molecule has 8 nitrogen and oxygen atoms in total. The van der Waals surface area contributed by atoms with Crippen LogP contribution < -0.4 is 15.0 Å². The molecule has 34 heavy (non-hydrogen) atoms. The molecule has 0 saturated carbocycles. The lowest BCUT2D eigenvalue weighted by molar-refractivity contribution is 0.0846. The number of rotatable bonds is 11. The van der Waals surface area contributed by atoms with Gasteiger partial charge in [0.25, 0.3) is 0 Å². The van der Waals surface area contributed by atoms with Crippen LogP contribution in [0.15, 0.2) is 47.6 Å². The summed E-state index contributed by atoms with van der Waals surface area (Å²) in [6, 6.07) is 7.60. The van der Waals surface area contributed by atoms with Crippen LogP contribution in [-0.2, 0) is 11.2 Å². The van der Waals surface area contributed by atoms with E-state index in [-0.39, 0.29) is 0 Å². The van der Waals surface area contributed by atoms with E-state index in [0.29, 0.717) is 24.6 Å². The van der Waals surface area contributed by atoms with Gasteiger partial charge in [0.2, 0.25) is 0 Å². The molecule has 182 valence electrons. The number of hydrogen-bond acceptors (Lipinski definition) is 8. The molecule has 3 aromatic rings. The summed E-state index contributed by atoms with van der Waals surface area (Å²) >= 11 is 0. The number of anilines is 3. The largest absolute Gasteiger partial charge is 0.464 e. The van der Waals surface area contributed by atoms with E-state index in [1.165, 1.54) is 17.6 Å². The Morgan fingerprint density at radius 1 is 1.12 bits per heavy atom. The van der Waals surface area contributed by atoms with Gasteiger partial charge in [-0.1, -0.05) is 13.0 Å². The molecule has 0 radical (unpaired) electrons. The maximum absolute atomic E-state index is 5.62. The van der Waals surface area contributed by atoms with Gasteiger partial charge in [-0.3, -0.25) is 0 Å². The van der Waals surface area contributed by atoms with Crippen molar-refractivity contribution in [1.29, 1.82) is 0 Å². The highest BCUT2D eigenvalue weighted by Gasteiger charge is 2.24. The molecule has 8 heteroatoms. The Bertz CT molecular complexity index is 1000. The number of nitrogens with one attached hydrogen (secondary N) is 1. The van der Waals surface area contributed by atoms with Crippen LogP contribution in [0, 0.1) is 0 Å². The first kappa shape index (κ1) is 24.0. The van der Waals surface area contributed by atoms with Crippen molar-refractivity contribution in [1.82, 2.24) is 15.0 Å². The summed E-state index contributed by atoms with van der Waals surface area (Å²) in [5, 5.41) is 3.58. The quantitative estimate of drug-likeness (QED) is 0.406. The molecule has 2 aromatic heterocycles. The molecule has 0 amide bonds. The lowest BCUT2D eigenvalue weighted by Gasteiger charge is -2.37. The summed E-state index contributed by atoms with van der Waals surface area (Å²) in [6.07, 6.45) is 10.7. The SMILES string of the molecule is CCOc1ncc(Nc2cc(C(CC)Cc3cnco3)ccc2N(CC)C2CCOCC2)cn1. The standard InChI is InChI=1S/C26H35N5O3/c1-4-19(13-23-17-27-18-34-23)20-7-8-25(31(5-2)22-9-11-32-12-10-22)24(14-20)30-21-15-28-26(29-16-21)33-6-3/h7-8,14-19,22,30H,4-6,9-13H2,1-3H3. The summed E-state index contributed by atoms with van der Waals surface area (Å²) in [6.45, 7) is 9.43. The van der Waals surface area contributed by atoms with Crippen LogP contribution in [0.25, 0.3) is 0 Å². The van der Waals surface area contributed by atoms with Crippen LogP contribution >= 0.6 is 0 Å². The molecule has 1 saturated heterocycles. The number of ether oxygens (including phenoxy) is 2. The Labute approximate surface area is 201 Å². The minimum atomic E-state index is 0.331. The molecular formula is C26H35N5O3. The summed E-state index contributed by atoms with van der Waals surface area (Å²) in [5.41, 5.74) is 4.32. The van der Waals surface area contributed by atoms with Gasteiger partial charge in [0.15, 0.2) is 6.39 Å². The van der Waals surface area contributed by atoms with Crippen LogP contribution in [0.4, 0.5) is 17.1 Å². The fourth-order valence-corrected chi connectivity index (χ4v) is 4.60. The molecule has 0 spiro atoms. The maximum atomic E-state index is 5.62. The monoisotopic (exact) mass is 465 g/mol. The second-order valence-electron chi connectivity index (χ2n) is 8.50. The first-order chi connectivity index (χ1) is 16.7. The van der Waals surface area contributed by atoms with E-state index in [1.807, 2.05) is 6.92 Å².